The molecule has 0 radical (unpaired) electrons. The monoisotopic (exact) mass is 192 g/mol. The van der Waals surface area contributed by atoms with E-state index < -0.39 is 10.5 Å². The molecule has 0 amide bonds. The summed E-state index contributed by atoms with van der Waals surface area (Å²) in [5.41, 5.74) is 0.353. The van der Waals surface area contributed by atoms with Crippen LogP contribution >= 0.6 is 23.2 Å². The lowest BCUT2D eigenvalue weighted by atomic mass is 10.2. The maximum atomic E-state index is 10.6. The molecule has 4 heteroatoms. The second-order valence-electron chi connectivity index (χ2n) is 2.45. The van der Waals surface area contributed by atoms with Gasteiger partial charge in [-0.25, -0.2) is 0 Å². The lowest BCUT2D eigenvalue weighted by molar-refractivity contribution is -0.110. The average Bonchev–Trinajstić information content (AvgIpc) is 2.63. The van der Waals surface area contributed by atoms with Gasteiger partial charge in [0.15, 0.2) is 0 Å². The second-order valence-corrected chi connectivity index (χ2v) is 3.17. The van der Waals surface area contributed by atoms with Gasteiger partial charge in [-0.15, -0.1) is 0 Å². The summed E-state index contributed by atoms with van der Waals surface area (Å²) < 4.78 is 0. The first-order chi connectivity index (χ1) is 5.11. The summed E-state index contributed by atoms with van der Waals surface area (Å²) in [5.74, 6) is 0.169. The molecule has 0 aromatic heterocycles. The Hall–Kier alpha value is -0.340. The first kappa shape index (κ1) is 8.75. The van der Waals surface area contributed by atoms with Crippen LogP contribution < -0.4 is 0 Å². The largest absolute Gasteiger partial charge is 0.276 e. The minimum atomic E-state index is -0.638. The van der Waals surface area contributed by atoms with Gasteiger partial charge < -0.3 is 0 Å². The first-order valence-electron chi connectivity index (χ1n) is 3.22. The quantitative estimate of drug-likeness (QED) is 0.506. The molecule has 0 unspecified atom stereocenters. The number of halogens is 2. The first-order valence-corrected chi connectivity index (χ1v) is 3.97. The molecule has 1 rings (SSSR count). The molecule has 2 nitrogen and oxygen atoms in total. The minimum Gasteiger partial charge on any atom is -0.276 e. The fraction of sp³-hybridized carbons (Fsp3) is 0.429. The fourth-order valence-corrected chi connectivity index (χ4v) is 1.18. The van der Waals surface area contributed by atoms with Crippen LogP contribution in [-0.4, -0.2) is 10.5 Å². The summed E-state index contributed by atoms with van der Waals surface area (Å²) in [6.07, 6.45) is 2.96. The van der Waals surface area contributed by atoms with Crippen molar-refractivity contribution in [3.05, 3.63) is 11.6 Å². The van der Waals surface area contributed by atoms with Crippen molar-refractivity contribution in [1.29, 1.82) is 0 Å². The lowest BCUT2D eigenvalue weighted by Crippen LogP contribution is -1.97. The van der Waals surface area contributed by atoms with Gasteiger partial charge in [-0.2, -0.15) is 0 Å². The third kappa shape index (κ3) is 2.64. The Kier molecular flexibility index (Phi) is 2.68. The highest BCUT2D eigenvalue weighted by molar-refractivity contribution is 6.70. The third-order valence-electron chi connectivity index (χ3n) is 1.51. The van der Waals surface area contributed by atoms with Gasteiger partial charge in [0, 0.05) is 11.6 Å². The molecule has 0 N–H and O–H groups in total. The zero-order chi connectivity index (χ0) is 8.43. The van der Waals surface area contributed by atoms with Gasteiger partial charge in [-0.1, -0.05) is 0 Å². The Morgan fingerprint density at radius 2 is 1.82 bits per heavy atom. The average molecular weight is 193 g/mol. The second kappa shape index (κ2) is 3.37. The van der Waals surface area contributed by atoms with Crippen LogP contribution in [0, 0.1) is 5.92 Å². The molecule has 1 aliphatic rings. The van der Waals surface area contributed by atoms with Crippen LogP contribution in [0.4, 0.5) is 0 Å². The van der Waals surface area contributed by atoms with Crippen LogP contribution in [0.15, 0.2) is 11.6 Å². The van der Waals surface area contributed by atoms with E-state index >= 15 is 0 Å². The summed E-state index contributed by atoms with van der Waals surface area (Å²) in [6.45, 7) is 0. The number of hydrogen-bond donors (Lipinski definition) is 0. The maximum Gasteiger partial charge on any atom is 0.248 e. The van der Waals surface area contributed by atoms with Crippen molar-refractivity contribution >= 4 is 33.7 Å². The van der Waals surface area contributed by atoms with E-state index in [4.69, 9.17) is 23.2 Å². The highest BCUT2D eigenvalue weighted by Gasteiger charge is 2.29. The highest BCUT2D eigenvalue weighted by atomic mass is 35.5. The Morgan fingerprint density at radius 3 is 2.09 bits per heavy atom. The Morgan fingerprint density at radius 1 is 1.27 bits per heavy atom. The van der Waals surface area contributed by atoms with Gasteiger partial charge in [0.05, 0.1) is 0 Å². The molecule has 1 aliphatic carbocycles. The number of rotatable bonds is 3. The number of carbonyl (C=O) groups is 2. The van der Waals surface area contributed by atoms with Gasteiger partial charge in [0.1, 0.15) is 0 Å². The van der Waals surface area contributed by atoms with Crippen LogP contribution in [0.1, 0.15) is 12.8 Å². The summed E-state index contributed by atoms with van der Waals surface area (Å²) in [5, 5.41) is -1.21. The predicted molar refractivity (Wildman–Crippen MR) is 42.5 cm³/mol. The lowest BCUT2D eigenvalue weighted by Gasteiger charge is -1.94. The van der Waals surface area contributed by atoms with Crippen molar-refractivity contribution in [2.75, 3.05) is 0 Å². The van der Waals surface area contributed by atoms with Crippen molar-refractivity contribution in [3.63, 3.8) is 0 Å². The Labute approximate surface area is 74.2 Å². The van der Waals surface area contributed by atoms with Crippen LogP contribution in [-0.2, 0) is 9.59 Å². The molecule has 1 saturated carbocycles. The molecule has 0 saturated heterocycles. The van der Waals surface area contributed by atoms with Crippen molar-refractivity contribution < 1.29 is 9.59 Å². The van der Waals surface area contributed by atoms with Gasteiger partial charge in [0.2, 0.25) is 10.5 Å². The van der Waals surface area contributed by atoms with E-state index in [-0.39, 0.29) is 5.92 Å². The molecule has 0 aliphatic heterocycles. The zero-order valence-corrected chi connectivity index (χ0v) is 7.15. The minimum absolute atomic E-state index is 0.169. The summed E-state index contributed by atoms with van der Waals surface area (Å²) in [6, 6.07) is 0. The zero-order valence-electron chi connectivity index (χ0n) is 5.64. The molecule has 0 heterocycles. The van der Waals surface area contributed by atoms with Gasteiger partial charge in [-0.05, 0) is 42.0 Å². The van der Waals surface area contributed by atoms with Gasteiger partial charge in [-0.3, -0.25) is 9.59 Å². The molecular weight excluding hydrogens is 187 g/mol. The van der Waals surface area contributed by atoms with E-state index in [1.165, 1.54) is 0 Å². The van der Waals surface area contributed by atoms with Gasteiger partial charge in [0.25, 0.3) is 0 Å². The third-order valence-corrected chi connectivity index (χ3v) is 1.84. The fourth-order valence-electron chi connectivity index (χ4n) is 0.852. The van der Waals surface area contributed by atoms with Crippen LogP contribution in [0.3, 0.4) is 0 Å². The van der Waals surface area contributed by atoms with Crippen molar-refractivity contribution in [2.24, 2.45) is 5.92 Å². The van der Waals surface area contributed by atoms with E-state index in [9.17, 15) is 9.59 Å². The van der Waals surface area contributed by atoms with E-state index in [0.717, 1.165) is 18.9 Å². The number of allylic oxidation sites excluding steroid dienone is 2. The van der Waals surface area contributed by atoms with Gasteiger partial charge >= 0.3 is 0 Å². The van der Waals surface area contributed by atoms with Crippen molar-refractivity contribution in [2.45, 2.75) is 12.8 Å². The van der Waals surface area contributed by atoms with Crippen molar-refractivity contribution in [3.8, 4) is 0 Å². The smallest absolute Gasteiger partial charge is 0.248 e. The number of hydrogen-bond acceptors (Lipinski definition) is 2. The molecule has 1 fully saturated rings. The van der Waals surface area contributed by atoms with E-state index in [2.05, 4.69) is 0 Å². The molecule has 0 aromatic rings. The maximum absolute atomic E-state index is 10.6. The molecule has 60 valence electrons. The summed E-state index contributed by atoms with van der Waals surface area (Å²) >= 11 is 10.3. The SMILES string of the molecule is O=C(Cl)/C=C(/C(=O)Cl)C1CC1. The predicted octanol–water partition coefficient (Wildman–Crippen LogP) is 1.85. The molecule has 0 aromatic carbocycles. The Bertz CT molecular complexity index is 229. The molecular formula is C7H6Cl2O2. The van der Waals surface area contributed by atoms with Crippen molar-refractivity contribution in [1.82, 2.24) is 0 Å². The normalized spacial score (nSPS) is 18.2. The molecule has 0 bridgehead atoms. The van der Waals surface area contributed by atoms with Crippen LogP contribution in [0.5, 0.6) is 0 Å². The number of carbonyl (C=O) groups excluding carboxylic acids is 2. The molecule has 0 spiro atoms. The van der Waals surface area contributed by atoms with Crippen LogP contribution in [0.2, 0.25) is 0 Å². The Balaban J connectivity index is 2.73. The van der Waals surface area contributed by atoms with E-state index in [1.807, 2.05) is 0 Å². The highest BCUT2D eigenvalue weighted by Crippen LogP contribution is 2.37. The standard InChI is InChI=1S/C7H6Cl2O2/c8-6(10)3-5(7(9)11)4-1-2-4/h3-4H,1-2H2/b5-3+. The molecule has 0 atom stereocenters. The van der Waals surface area contributed by atoms with E-state index in [1.54, 1.807) is 0 Å². The summed E-state index contributed by atoms with van der Waals surface area (Å²) in [4.78, 5) is 21.0. The molecule has 11 heavy (non-hydrogen) atoms. The van der Waals surface area contributed by atoms with E-state index in [0.29, 0.717) is 5.57 Å². The van der Waals surface area contributed by atoms with Crippen LogP contribution in [0.25, 0.3) is 0 Å². The summed E-state index contributed by atoms with van der Waals surface area (Å²) in [7, 11) is 0. The topological polar surface area (TPSA) is 34.1 Å².